The fourth-order valence-corrected chi connectivity index (χ4v) is 8.80. The number of alkyl carbamates (subject to hydrolysis) is 1. The number of nitrogens with one attached hydrogen (secondary N) is 4. The molecule has 0 saturated carbocycles. The summed E-state index contributed by atoms with van der Waals surface area (Å²) in [6.07, 6.45) is 5.55. The summed E-state index contributed by atoms with van der Waals surface area (Å²) in [4.78, 5) is 63.1. The van der Waals surface area contributed by atoms with Crippen molar-refractivity contribution in [3.63, 3.8) is 0 Å². The van der Waals surface area contributed by atoms with Crippen molar-refractivity contribution >= 4 is 58.2 Å². The van der Waals surface area contributed by atoms with E-state index in [0.717, 1.165) is 35.8 Å². The van der Waals surface area contributed by atoms with Crippen LogP contribution in [0.15, 0.2) is 65.0 Å². The average molecular weight is 926 g/mol. The number of benzene rings is 1. The number of allylic oxidation sites excluding steroid dienone is 5. The zero-order valence-corrected chi connectivity index (χ0v) is 38.5. The van der Waals surface area contributed by atoms with E-state index in [4.69, 9.17) is 26.1 Å². The van der Waals surface area contributed by atoms with E-state index < -0.39 is 35.6 Å². The van der Waals surface area contributed by atoms with E-state index in [1.54, 1.807) is 12.1 Å². The molecule has 1 aromatic carbocycles. The summed E-state index contributed by atoms with van der Waals surface area (Å²) >= 11 is 6.62. The van der Waals surface area contributed by atoms with Crippen LogP contribution >= 0.6 is 11.6 Å². The number of nitrogens with zero attached hydrogens (tertiary/aromatic N) is 3. The van der Waals surface area contributed by atoms with Gasteiger partial charge >= 0.3 is 12.5 Å². The summed E-state index contributed by atoms with van der Waals surface area (Å²) in [5, 5.41) is 11.3. The van der Waals surface area contributed by atoms with E-state index >= 15 is 0 Å². The maximum Gasteiger partial charge on any atom is 0.573 e. The molecule has 65 heavy (non-hydrogen) atoms. The zero-order chi connectivity index (χ0) is 47.1. The quantitative estimate of drug-likeness (QED) is 0.143. The van der Waals surface area contributed by atoms with Gasteiger partial charge in [-0.2, -0.15) is 0 Å². The molecule has 2 fully saturated rings. The number of rotatable bonds is 13. The molecule has 2 saturated heterocycles. The van der Waals surface area contributed by atoms with Crippen LogP contribution in [0.2, 0.25) is 5.02 Å². The van der Waals surface area contributed by atoms with Crippen molar-refractivity contribution in [2.75, 3.05) is 50.6 Å². The van der Waals surface area contributed by atoms with Gasteiger partial charge in [-0.25, -0.2) is 9.78 Å². The Morgan fingerprint density at radius 1 is 0.969 bits per heavy atom. The number of hydrogen-bond donors (Lipinski definition) is 4. The summed E-state index contributed by atoms with van der Waals surface area (Å²) in [6, 6.07) is 4.51. The van der Waals surface area contributed by atoms with E-state index in [2.05, 4.69) is 44.8 Å². The predicted molar refractivity (Wildman–Crippen MR) is 243 cm³/mol. The van der Waals surface area contributed by atoms with Crippen molar-refractivity contribution in [3.05, 3.63) is 76.1 Å². The average Bonchev–Trinajstić information content (AvgIpc) is 3.55. The minimum atomic E-state index is -5.03. The van der Waals surface area contributed by atoms with Crippen LogP contribution in [0.5, 0.6) is 5.75 Å². The number of carbonyl (C=O) groups excluding carboxylic acids is 4. The van der Waals surface area contributed by atoms with Gasteiger partial charge in [0.25, 0.3) is 5.91 Å². The van der Waals surface area contributed by atoms with Gasteiger partial charge < -0.3 is 40.4 Å². The Hall–Kier alpha value is -5.42. The number of methoxy groups -OCH3 is 1. The molecule has 2 aromatic rings. The van der Waals surface area contributed by atoms with Gasteiger partial charge in [-0.05, 0) is 97.6 Å². The van der Waals surface area contributed by atoms with Crippen molar-refractivity contribution in [2.45, 2.75) is 98.0 Å². The van der Waals surface area contributed by atoms with Crippen LogP contribution in [-0.2, 0) is 19.1 Å². The summed E-state index contributed by atoms with van der Waals surface area (Å²) in [7, 11) is 1.28. The van der Waals surface area contributed by atoms with Crippen molar-refractivity contribution in [2.24, 2.45) is 28.2 Å². The van der Waals surface area contributed by atoms with Crippen LogP contribution in [0.1, 0.15) is 95.5 Å². The molecule has 3 aliphatic heterocycles. The number of alkyl halides is 3. The predicted octanol–water partition coefficient (Wildman–Crippen LogP) is 8.71. The zero-order valence-electron chi connectivity index (χ0n) is 37.7. The minimum absolute atomic E-state index is 0.0124. The van der Waals surface area contributed by atoms with Crippen molar-refractivity contribution in [1.29, 1.82) is 0 Å². The SMILES string of the molecule is COC(=O)NC(C(=O)N1CC(C)CC1C1=NC=C(C2=CC=C(c3cc(Cl)c(NC(=O)c4ccc(NCCNC(=O)C(C)(C)C)nc4)cc3OC(F)(F)F)CC2)CCC1C)C1CCOCC1. The number of aromatic nitrogens is 1. The first-order chi connectivity index (χ1) is 30.8. The highest BCUT2D eigenvalue weighted by atomic mass is 35.5. The molecule has 18 heteroatoms. The van der Waals surface area contributed by atoms with Gasteiger partial charge in [-0.15, -0.1) is 13.2 Å². The highest BCUT2D eigenvalue weighted by molar-refractivity contribution is 6.34. The lowest BCUT2D eigenvalue weighted by atomic mass is 9.86. The van der Waals surface area contributed by atoms with Crippen LogP contribution in [0, 0.1) is 23.2 Å². The standard InChI is InChI=1S/C47H59ClF3N7O7/c1-27-21-37(58(26-27)43(60)41(57-45(62)63-6)31-15-19-64-20-16-31)40-28(2)7-8-32(24-55-40)29-9-11-30(12-10-29)34-22-35(48)36(23-38(34)65-47(49,50)51)56-42(59)33-13-14-39(54-25-33)52-17-18-53-44(61)46(3,4)5/h9,11,13-14,22-25,27-28,31,37,41H,7-8,10,12,15-21,26H2,1-6H3,(H,52,54)(H,53,61)(H,56,59)(H,57,62). The second kappa shape index (κ2) is 21.3. The highest BCUT2D eigenvalue weighted by Gasteiger charge is 2.43. The lowest BCUT2D eigenvalue weighted by Gasteiger charge is -2.35. The smallest absolute Gasteiger partial charge is 0.453 e. The molecule has 6 rings (SSSR count). The van der Waals surface area contributed by atoms with Crippen LogP contribution in [-0.4, -0.2) is 97.8 Å². The molecule has 4 aliphatic rings. The maximum absolute atomic E-state index is 14.3. The Morgan fingerprint density at radius 3 is 2.34 bits per heavy atom. The number of likely N-dealkylation sites (tertiary alicyclic amines) is 1. The van der Waals surface area contributed by atoms with Crippen LogP contribution in [0.4, 0.5) is 29.5 Å². The van der Waals surface area contributed by atoms with E-state index in [1.807, 2.05) is 37.9 Å². The number of ether oxygens (including phenoxy) is 3. The van der Waals surface area contributed by atoms with E-state index in [1.165, 1.54) is 25.4 Å². The Kier molecular flexibility index (Phi) is 16.0. The Labute approximate surface area is 382 Å². The van der Waals surface area contributed by atoms with Crippen molar-refractivity contribution in [3.8, 4) is 5.75 Å². The molecule has 4 atom stereocenters. The molecule has 1 aromatic heterocycles. The molecule has 4 N–H and O–H groups in total. The maximum atomic E-state index is 14.3. The number of pyridine rings is 1. The minimum Gasteiger partial charge on any atom is -0.453 e. The van der Waals surface area contributed by atoms with Gasteiger partial charge in [-0.3, -0.25) is 19.4 Å². The van der Waals surface area contributed by atoms with Gasteiger partial charge in [0.2, 0.25) is 11.8 Å². The highest BCUT2D eigenvalue weighted by Crippen LogP contribution is 2.42. The topological polar surface area (TPSA) is 173 Å². The van der Waals surface area contributed by atoms with Gasteiger partial charge in [0.1, 0.15) is 17.6 Å². The third-order valence-electron chi connectivity index (χ3n) is 12.2. The second-order valence-corrected chi connectivity index (χ2v) is 18.5. The van der Waals surface area contributed by atoms with E-state index in [-0.39, 0.29) is 57.4 Å². The molecule has 0 spiro atoms. The molecule has 4 amide bonds. The van der Waals surface area contributed by atoms with Crippen LogP contribution in [0.25, 0.3) is 5.57 Å². The normalized spacial score (nSPS) is 21.1. The number of carbonyl (C=O) groups is 4. The number of hydrogen-bond acceptors (Lipinski definition) is 10. The number of amides is 4. The van der Waals surface area contributed by atoms with Crippen LogP contribution < -0.4 is 26.0 Å². The van der Waals surface area contributed by atoms with E-state index in [9.17, 15) is 32.3 Å². The summed E-state index contributed by atoms with van der Waals surface area (Å²) in [5.41, 5.74) is 3.16. The Bertz CT molecular complexity index is 2220. The molecular formula is C47H59ClF3N7O7. The number of anilines is 2. The van der Waals surface area contributed by atoms with Gasteiger partial charge in [-0.1, -0.05) is 58.4 Å². The molecule has 4 unspecified atom stereocenters. The first-order valence-electron chi connectivity index (χ1n) is 22.1. The van der Waals surface area contributed by atoms with Crippen molar-refractivity contribution < 1.29 is 46.6 Å². The fraction of sp³-hybridized carbons (Fsp3) is 0.532. The molecule has 0 radical (unpaired) electrons. The lowest BCUT2D eigenvalue weighted by Crippen LogP contribution is -2.55. The Balaban J connectivity index is 1.16. The third-order valence-corrected chi connectivity index (χ3v) is 12.5. The second-order valence-electron chi connectivity index (χ2n) is 18.1. The van der Waals surface area contributed by atoms with Gasteiger partial charge in [0.15, 0.2) is 0 Å². The molecule has 1 aliphatic carbocycles. The summed E-state index contributed by atoms with van der Waals surface area (Å²) < 4.78 is 56.4. The van der Waals surface area contributed by atoms with Gasteiger partial charge in [0.05, 0.1) is 29.4 Å². The first-order valence-corrected chi connectivity index (χ1v) is 22.5. The van der Waals surface area contributed by atoms with Crippen molar-refractivity contribution in [1.82, 2.24) is 20.5 Å². The largest absolute Gasteiger partial charge is 0.573 e. The molecule has 14 nitrogen and oxygen atoms in total. The summed E-state index contributed by atoms with van der Waals surface area (Å²) in [5.74, 6) is -0.749. The first kappa shape index (κ1) is 49.0. The molecule has 0 bridgehead atoms. The number of halogens is 4. The monoisotopic (exact) mass is 925 g/mol. The third kappa shape index (κ3) is 12.9. The number of aliphatic imine (C=N–C) groups is 1. The van der Waals surface area contributed by atoms with Gasteiger partial charge in [0, 0.05) is 68.0 Å². The molecular weight excluding hydrogens is 867 g/mol. The lowest BCUT2D eigenvalue weighted by molar-refractivity contribution is -0.274. The molecule has 4 heterocycles. The van der Waals surface area contributed by atoms with E-state index in [0.29, 0.717) is 76.3 Å². The fourth-order valence-electron chi connectivity index (χ4n) is 8.58. The molecule has 352 valence electrons. The summed E-state index contributed by atoms with van der Waals surface area (Å²) in [6.45, 7) is 12.0. The van der Waals surface area contributed by atoms with Crippen LogP contribution in [0.3, 0.4) is 0 Å². The Morgan fingerprint density at radius 2 is 1.69 bits per heavy atom.